The number of aromatic nitrogens is 1. The summed E-state index contributed by atoms with van der Waals surface area (Å²) in [6.07, 6.45) is 2.73. The van der Waals surface area contributed by atoms with E-state index in [1.165, 1.54) is 12.2 Å². The summed E-state index contributed by atoms with van der Waals surface area (Å²) in [7, 11) is 0. The molecule has 0 saturated heterocycles. The van der Waals surface area contributed by atoms with Crippen molar-refractivity contribution in [2.45, 2.75) is 0 Å². The fourth-order valence-electron chi connectivity index (χ4n) is 2.22. The number of rotatable bonds is 3. The first-order valence-corrected chi connectivity index (χ1v) is 7.85. The molecule has 4 nitrogen and oxygen atoms in total. The zero-order chi connectivity index (χ0) is 17.1. The van der Waals surface area contributed by atoms with Crippen molar-refractivity contribution in [1.29, 1.82) is 0 Å². The van der Waals surface area contributed by atoms with Crippen molar-refractivity contribution < 1.29 is 4.79 Å². The summed E-state index contributed by atoms with van der Waals surface area (Å²) in [6, 6.07) is 13.9. The van der Waals surface area contributed by atoms with E-state index >= 15 is 0 Å². The van der Waals surface area contributed by atoms with Gasteiger partial charge in [0.1, 0.15) is 0 Å². The van der Waals surface area contributed by atoms with Crippen LogP contribution in [-0.4, -0.2) is 10.9 Å². The maximum Gasteiger partial charge on any atom is 0.255 e. The fraction of sp³-hybridized carbons (Fsp3) is 0. The Hall–Kier alpha value is -2.56. The quantitative estimate of drug-likeness (QED) is 0.677. The van der Waals surface area contributed by atoms with Crippen LogP contribution in [0, 0.1) is 0 Å². The van der Waals surface area contributed by atoms with Gasteiger partial charge in [0, 0.05) is 22.2 Å². The van der Waals surface area contributed by atoms with E-state index in [0.29, 0.717) is 21.3 Å². The van der Waals surface area contributed by atoms with Gasteiger partial charge in [0.05, 0.1) is 10.7 Å². The first kappa shape index (κ1) is 16.3. The molecule has 0 aliphatic rings. The van der Waals surface area contributed by atoms with E-state index in [4.69, 9.17) is 23.2 Å². The highest BCUT2D eigenvalue weighted by atomic mass is 35.5. The molecule has 2 N–H and O–H groups in total. The van der Waals surface area contributed by atoms with E-state index < -0.39 is 5.91 Å². The predicted octanol–water partition coefficient (Wildman–Crippen LogP) is 4.49. The van der Waals surface area contributed by atoms with E-state index in [9.17, 15) is 9.59 Å². The topological polar surface area (TPSA) is 62.0 Å². The van der Waals surface area contributed by atoms with Crippen LogP contribution in [0.3, 0.4) is 0 Å². The summed E-state index contributed by atoms with van der Waals surface area (Å²) >= 11 is 11.9. The molecule has 1 amide bonds. The van der Waals surface area contributed by atoms with Crippen molar-refractivity contribution in [3.63, 3.8) is 0 Å². The van der Waals surface area contributed by atoms with E-state index in [0.717, 1.165) is 10.9 Å². The molecule has 3 rings (SSSR count). The molecule has 0 bridgehead atoms. The number of nitrogens with one attached hydrogen (secondary N) is 2. The van der Waals surface area contributed by atoms with Crippen LogP contribution < -0.4 is 10.9 Å². The van der Waals surface area contributed by atoms with Crippen molar-refractivity contribution in [3.05, 3.63) is 80.6 Å². The van der Waals surface area contributed by atoms with Gasteiger partial charge in [0.2, 0.25) is 5.91 Å². The molecule has 120 valence electrons. The van der Waals surface area contributed by atoms with E-state index in [2.05, 4.69) is 10.3 Å². The number of aromatic amines is 1. The summed E-state index contributed by atoms with van der Waals surface area (Å²) in [5, 5.41) is 4.35. The minimum atomic E-state index is -0.410. The van der Waals surface area contributed by atoms with Gasteiger partial charge in [-0.15, -0.1) is 0 Å². The molecule has 0 radical (unpaired) electrons. The average Bonchev–Trinajstić information content (AvgIpc) is 2.56. The lowest BCUT2D eigenvalue weighted by atomic mass is 10.1. The lowest BCUT2D eigenvalue weighted by molar-refractivity contribution is -0.111. The number of carbonyl (C=O) groups excluding carboxylic acids is 1. The van der Waals surface area contributed by atoms with Crippen LogP contribution in [0.4, 0.5) is 5.69 Å². The van der Waals surface area contributed by atoms with E-state index in [-0.39, 0.29) is 5.56 Å². The highest BCUT2D eigenvalue weighted by molar-refractivity contribution is 6.35. The molecule has 1 heterocycles. The Morgan fingerprint density at radius 3 is 2.71 bits per heavy atom. The van der Waals surface area contributed by atoms with Crippen LogP contribution >= 0.6 is 23.2 Å². The molecule has 0 fully saturated rings. The fourth-order valence-corrected chi connectivity index (χ4v) is 2.56. The minimum absolute atomic E-state index is 0.265. The number of hydrogen-bond acceptors (Lipinski definition) is 2. The third kappa shape index (κ3) is 3.67. The Balaban J connectivity index is 1.82. The largest absolute Gasteiger partial charge is 0.321 e. The first-order valence-electron chi connectivity index (χ1n) is 7.09. The molecule has 0 saturated carbocycles. The first-order chi connectivity index (χ1) is 11.5. The molecule has 0 spiro atoms. The highest BCUT2D eigenvalue weighted by Crippen LogP contribution is 2.25. The maximum absolute atomic E-state index is 12.0. The Labute approximate surface area is 147 Å². The van der Waals surface area contributed by atoms with Gasteiger partial charge in [-0.1, -0.05) is 41.4 Å². The molecule has 2 aromatic carbocycles. The van der Waals surface area contributed by atoms with Crippen LogP contribution in [0.1, 0.15) is 5.56 Å². The SMILES string of the molecule is O=C(/C=C/c1cc2ccccc2[nH]c1=O)Nc1cc(Cl)ccc1Cl. The molecule has 3 aromatic rings. The molecule has 0 aliphatic heterocycles. The number of pyridine rings is 1. The second-order valence-corrected chi connectivity index (χ2v) is 5.93. The molecular weight excluding hydrogens is 347 g/mol. The van der Waals surface area contributed by atoms with Gasteiger partial charge in [-0.25, -0.2) is 0 Å². The number of H-pyrrole nitrogens is 1. The number of carbonyl (C=O) groups is 1. The van der Waals surface area contributed by atoms with Gasteiger partial charge >= 0.3 is 0 Å². The van der Waals surface area contributed by atoms with Crippen molar-refractivity contribution in [2.24, 2.45) is 0 Å². The van der Waals surface area contributed by atoms with Crippen molar-refractivity contribution in [1.82, 2.24) is 4.98 Å². The second-order valence-electron chi connectivity index (χ2n) is 5.09. The molecule has 0 atom stereocenters. The van der Waals surface area contributed by atoms with Crippen molar-refractivity contribution >= 4 is 51.8 Å². The zero-order valence-electron chi connectivity index (χ0n) is 12.3. The number of benzene rings is 2. The molecular formula is C18H12Cl2N2O2. The molecule has 0 aliphatic carbocycles. The Kier molecular flexibility index (Phi) is 4.69. The maximum atomic E-state index is 12.0. The molecule has 24 heavy (non-hydrogen) atoms. The summed E-state index contributed by atoms with van der Waals surface area (Å²) in [5.74, 6) is -0.410. The normalized spacial score (nSPS) is 11.1. The monoisotopic (exact) mass is 358 g/mol. The van der Waals surface area contributed by atoms with Crippen molar-refractivity contribution in [2.75, 3.05) is 5.32 Å². The van der Waals surface area contributed by atoms with Gasteiger partial charge in [0.15, 0.2) is 0 Å². The van der Waals surface area contributed by atoms with E-state index in [1.807, 2.05) is 24.3 Å². The number of para-hydroxylation sites is 1. The average molecular weight is 359 g/mol. The van der Waals surface area contributed by atoms with Gasteiger partial charge in [0.25, 0.3) is 5.56 Å². The number of halogens is 2. The second kappa shape index (κ2) is 6.91. The van der Waals surface area contributed by atoms with Crippen LogP contribution in [0.25, 0.3) is 17.0 Å². The van der Waals surface area contributed by atoms with Gasteiger partial charge in [-0.2, -0.15) is 0 Å². The number of amides is 1. The van der Waals surface area contributed by atoms with Gasteiger partial charge in [-0.3, -0.25) is 9.59 Å². The Bertz CT molecular complexity index is 1010. The summed E-state index contributed by atoms with van der Waals surface area (Å²) in [6.45, 7) is 0. The lowest BCUT2D eigenvalue weighted by Gasteiger charge is -2.05. The third-order valence-corrected chi connectivity index (χ3v) is 3.95. The number of anilines is 1. The number of fused-ring (bicyclic) bond motifs is 1. The standard InChI is InChI=1S/C18H12Cl2N2O2/c19-13-6-7-14(20)16(10-13)21-17(23)8-5-12-9-11-3-1-2-4-15(11)22-18(12)24/h1-10H,(H,21,23)(H,22,24)/b8-5+. The summed E-state index contributed by atoms with van der Waals surface area (Å²) < 4.78 is 0. The van der Waals surface area contributed by atoms with Crippen LogP contribution in [-0.2, 0) is 4.79 Å². The van der Waals surface area contributed by atoms with Crippen molar-refractivity contribution in [3.8, 4) is 0 Å². The summed E-state index contributed by atoms with van der Waals surface area (Å²) in [4.78, 5) is 26.8. The van der Waals surface area contributed by atoms with E-state index in [1.54, 1.807) is 24.3 Å². The van der Waals surface area contributed by atoms with Gasteiger partial charge in [-0.05, 0) is 41.8 Å². The third-order valence-electron chi connectivity index (χ3n) is 3.38. The molecule has 0 unspecified atom stereocenters. The predicted molar refractivity (Wildman–Crippen MR) is 98.7 cm³/mol. The highest BCUT2D eigenvalue weighted by Gasteiger charge is 2.05. The summed E-state index contributed by atoms with van der Waals surface area (Å²) in [5.41, 5.74) is 1.28. The number of hydrogen-bond donors (Lipinski definition) is 2. The van der Waals surface area contributed by atoms with Crippen LogP contribution in [0.2, 0.25) is 10.0 Å². The van der Waals surface area contributed by atoms with Gasteiger partial charge < -0.3 is 10.3 Å². The molecule has 1 aromatic heterocycles. The zero-order valence-corrected chi connectivity index (χ0v) is 13.9. The minimum Gasteiger partial charge on any atom is -0.321 e. The van der Waals surface area contributed by atoms with Crippen LogP contribution in [0.15, 0.2) is 59.4 Å². The smallest absolute Gasteiger partial charge is 0.255 e. The Morgan fingerprint density at radius 2 is 1.88 bits per heavy atom. The molecule has 6 heteroatoms. The lowest BCUT2D eigenvalue weighted by Crippen LogP contribution is -2.11. The van der Waals surface area contributed by atoms with Crippen LogP contribution in [0.5, 0.6) is 0 Å². The Morgan fingerprint density at radius 1 is 1.08 bits per heavy atom.